The summed E-state index contributed by atoms with van der Waals surface area (Å²) in [7, 11) is 1.79. The summed E-state index contributed by atoms with van der Waals surface area (Å²) < 4.78 is 0. The summed E-state index contributed by atoms with van der Waals surface area (Å²) in [6, 6.07) is 15.0. The van der Waals surface area contributed by atoms with Crippen LogP contribution in [0, 0.1) is 13.8 Å². The summed E-state index contributed by atoms with van der Waals surface area (Å²) in [5.41, 5.74) is 4.39. The molecule has 27 heavy (non-hydrogen) atoms. The molecule has 2 N–H and O–H groups in total. The summed E-state index contributed by atoms with van der Waals surface area (Å²) in [6.07, 6.45) is 0. The Morgan fingerprint density at radius 2 is 1.74 bits per heavy atom. The number of fused-ring (bicyclic) bond motifs is 1. The first-order chi connectivity index (χ1) is 12.9. The van der Waals surface area contributed by atoms with Crippen molar-refractivity contribution in [1.82, 2.24) is 9.88 Å². The van der Waals surface area contributed by atoms with Crippen LogP contribution in [0.15, 0.2) is 48.5 Å². The van der Waals surface area contributed by atoms with E-state index in [0.29, 0.717) is 5.56 Å². The topological polar surface area (TPSA) is 65.2 Å². The number of Topliss-reactive ketones (excluding diaryl/α,β-unsaturated/α-hetero) is 1. The fraction of sp³-hybridized carbons (Fsp3) is 0.273. The van der Waals surface area contributed by atoms with E-state index in [4.69, 9.17) is 0 Å². The number of rotatable bonds is 6. The molecule has 3 aromatic rings. The molecule has 0 bridgehead atoms. The highest BCUT2D eigenvalue weighted by molar-refractivity contribution is 6.11. The number of anilines is 1. The summed E-state index contributed by atoms with van der Waals surface area (Å²) in [6.45, 7) is 5.88. The lowest BCUT2D eigenvalue weighted by molar-refractivity contribution is -0.117. The van der Waals surface area contributed by atoms with Crippen molar-refractivity contribution in [3.8, 4) is 0 Å². The Morgan fingerprint density at radius 1 is 1.07 bits per heavy atom. The predicted molar refractivity (Wildman–Crippen MR) is 109 cm³/mol. The Balaban J connectivity index is 1.69. The number of hydrogen-bond donors (Lipinski definition) is 2. The number of hydrogen-bond acceptors (Lipinski definition) is 3. The third kappa shape index (κ3) is 4.09. The van der Waals surface area contributed by atoms with E-state index in [1.807, 2.05) is 69.3 Å². The molecule has 140 valence electrons. The second-order valence-electron chi connectivity index (χ2n) is 7.04. The summed E-state index contributed by atoms with van der Waals surface area (Å²) >= 11 is 0. The monoisotopic (exact) mass is 363 g/mol. The lowest BCUT2D eigenvalue weighted by atomic mass is 10.0. The smallest absolute Gasteiger partial charge is 0.238 e. The standard InChI is InChI=1S/C22H25N3O2/c1-14-9-11-17(12-10-14)24-20(26)13-25(4)16(3)22(27)21-15(2)23-19-8-6-5-7-18(19)21/h5-12,16,23H,13H2,1-4H3,(H,24,26)/t16-/m1/s1. The first kappa shape index (κ1) is 18.9. The zero-order valence-corrected chi connectivity index (χ0v) is 16.2. The van der Waals surface area contributed by atoms with Crippen LogP contribution in [0.1, 0.15) is 28.5 Å². The van der Waals surface area contributed by atoms with Crippen LogP contribution in [0.25, 0.3) is 10.9 Å². The fourth-order valence-corrected chi connectivity index (χ4v) is 3.20. The van der Waals surface area contributed by atoms with Gasteiger partial charge in [0.05, 0.1) is 12.6 Å². The van der Waals surface area contributed by atoms with E-state index < -0.39 is 6.04 Å². The molecule has 1 aromatic heterocycles. The van der Waals surface area contributed by atoms with E-state index in [1.165, 1.54) is 0 Å². The third-order valence-electron chi connectivity index (χ3n) is 4.91. The van der Waals surface area contributed by atoms with Gasteiger partial charge in [0.1, 0.15) is 0 Å². The maximum Gasteiger partial charge on any atom is 0.238 e. The highest BCUT2D eigenvalue weighted by Crippen LogP contribution is 2.24. The number of likely N-dealkylation sites (N-methyl/N-ethyl adjacent to an activating group) is 1. The van der Waals surface area contributed by atoms with Crippen LogP contribution in [0.5, 0.6) is 0 Å². The molecule has 2 aromatic carbocycles. The number of nitrogens with zero attached hydrogens (tertiary/aromatic N) is 1. The number of benzene rings is 2. The van der Waals surface area contributed by atoms with Gasteiger partial charge in [0.2, 0.25) is 5.91 Å². The highest BCUT2D eigenvalue weighted by Gasteiger charge is 2.25. The molecule has 0 radical (unpaired) electrons. The van der Waals surface area contributed by atoms with Crippen molar-refractivity contribution in [3.05, 3.63) is 65.4 Å². The minimum absolute atomic E-state index is 0.00980. The molecule has 0 spiro atoms. The van der Waals surface area contributed by atoms with Crippen LogP contribution in [-0.4, -0.2) is 41.2 Å². The minimum atomic E-state index is -0.410. The quantitative estimate of drug-likeness (QED) is 0.652. The number of carbonyl (C=O) groups is 2. The van der Waals surface area contributed by atoms with Gasteiger partial charge in [0, 0.05) is 27.8 Å². The molecule has 5 heteroatoms. The van der Waals surface area contributed by atoms with Gasteiger partial charge in [-0.3, -0.25) is 14.5 Å². The molecule has 0 saturated heterocycles. The van der Waals surface area contributed by atoms with Crippen LogP contribution in [0.3, 0.4) is 0 Å². The number of aromatic nitrogens is 1. The molecule has 1 heterocycles. The van der Waals surface area contributed by atoms with Crippen LogP contribution in [-0.2, 0) is 4.79 Å². The zero-order valence-electron chi connectivity index (χ0n) is 16.2. The number of para-hydroxylation sites is 1. The van der Waals surface area contributed by atoms with Gasteiger partial charge in [-0.05, 0) is 46.0 Å². The van der Waals surface area contributed by atoms with Gasteiger partial charge in [-0.15, -0.1) is 0 Å². The van der Waals surface area contributed by atoms with Crippen LogP contribution in [0.2, 0.25) is 0 Å². The average Bonchev–Trinajstić information content (AvgIpc) is 2.98. The Hall–Kier alpha value is -2.92. The molecule has 3 rings (SSSR count). The van der Waals surface area contributed by atoms with Crippen LogP contribution < -0.4 is 5.32 Å². The van der Waals surface area contributed by atoms with Crippen LogP contribution in [0.4, 0.5) is 5.69 Å². The van der Waals surface area contributed by atoms with Gasteiger partial charge in [0.25, 0.3) is 0 Å². The number of aromatic amines is 1. The first-order valence-electron chi connectivity index (χ1n) is 9.05. The second-order valence-corrected chi connectivity index (χ2v) is 7.04. The van der Waals surface area contributed by atoms with Crippen molar-refractivity contribution in [1.29, 1.82) is 0 Å². The van der Waals surface area contributed by atoms with Gasteiger partial charge in [-0.25, -0.2) is 0 Å². The Bertz CT molecular complexity index is 973. The maximum absolute atomic E-state index is 13.1. The fourth-order valence-electron chi connectivity index (χ4n) is 3.20. The Kier molecular flexibility index (Phi) is 5.42. The van der Waals surface area contributed by atoms with Gasteiger partial charge < -0.3 is 10.3 Å². The molecule has 0 fully saturated rings. The summed E-state index contributed by atoms with van der Waals surface area (Å²) in [4.78, 5) is 30.4. The van der Waals surface area contributed by atoms with E-state index in [0.717, 1.165) is 27.8 Å². The number of H-pyrrole nitrogens is 1. The average molecular weight is 363 g/mol. The van der Waals surface area contributed by atoms with Crippen molar-refractivity contribution < 1.29 is 9.59 Å². The normalized spacial score (nSPS) is 12.3. The maximum atomic E-state index is 13.1. The summed E-state index contributed by atoms with van der Waals surface area (Å²) in [5, 5.41) is 3.79. The van der Waals surface area contributed by atoms with Gasteiger partial charge in [-0.1, -0.05) is 35.9 Å². The van der Waals surface area contributed by atoms with Gasteiger partial charge in [-0.2, -0.15) is 0 Å². The molecule has 0 aliphatic heterocycles. The lowest BCUT2D eigenvalue weighted by Crippen LogP contribution is -2.41. The van der Waals surface area contributed by atoms with Crippen molar-refractivity contribution in [2.75, 3.05) is 18.9 Å². The van der Waals surface area contributed by atoms with Gasteiger partial charge >= 0.3 is 0 Å². The first-order valence-corrected chi connectivity index (χ1v) is 9.05. The van der Waals surface area contributed by atoms with E-state index in [-0.39, 0.29) is 18.2 Å². The number of ketones is 1. The van der Waals surface area contributed by atoms with E-state index >= 15 is 0 Å². The largest absolute Gasteiger partial charge is 0.358 e. The number of nitrogens with one attached hydrogen (secondary N) is 2. The third-order valence-corrected chi connectivity index (χ3v) is 4.91. The molecule has 0 aliphatic rings. The van der Waals surface area contributed by atoms with E-state index in [9.17, 15) is 9.59 Å². The second kappa shape index (κ2) is 7.76. The Labute approximate surface area is 159 Å². The molecule has 1 atom stereocenters. The molecular weight excluding hydrogens is 338 g/mol. The highest BCUT2D eigenvalue weighted by atomic mass is 16.2. The SMILES string of the molecule is Cc1ccc(NC(=O)CN(C)[C@H](C)C(=O)c2c(C)[nH]c3ccccc23)cc1. The van der Waals surface area contributed by atoms with Gasteiger partial charge in [0.15, 0.2) is 5.78 Å². The van der Waals surface area contributed by atoms with E-state index in [2.05, 4.69) is 10.3 Å². The number of amides is 1. The molecule has 0 saturated carbocycles. The van der Waals surface area contributed by atoms with Crippen molar-refractivity contribution >= 4 is 28.3 Å². The minimum Gasteiger partial charge on any atom is -0.358 e. The number of aryl methyl sites for hydroxylation is 2. The zero-order chi connectivity index (χ0) is 19.6. The Morgan fingerprint density at radius 3 is 2.44 bits per heavy atom. The summed E-state index contributed by atoms with van der Waals surface area (Å²) in [5.74, 6) is -0.132. The lowest BCUT2D eigenvalue weighted by Gasteiger charge is -2.23. The van der Waals surface area contributed by atoms with Crippen LogP contribution >= 0.6 is 0 Å². The molecule has 0 aliphatic carbocycles. The predicted octanol–water partition coefficient (Wildman–Crippen LogP) is 3.93. The molecular formula is C22H25N3O2. The van der Waals surface area contributed by atoms with E-state index in [1.54, 1.807) is 11.9 Å². The van der Waals surface area contributed by atoms with Crippen molar-refractivity contribution in [2.24, 2.45) is 0 Å². The van der Waals surface area contributed by atoms with Crippen molar-refractivity contribution in [2.45, 2.75) is 26.8 Å². The molecule has 1 amide bonds. The number of carbonyl (C=O) groups excluding carboxylic acids is 2. The molecule has 0 unspecified atom stereocenters. The van der Waals surface area contributed by atoms with Crippen molar-refractivity contribution in [3.63, 3.8) is 0 Å². The molecule has 5 nitrogen and oxygen atoms in total.